The van der Waals surface area contributed by atoms with E-state index >= 15 is 0 Å². The van der Waals surface area contributed by atoms with Gasteiger partial charge in [-0.25, -0.2) is 13.4 Å². The molecule has 0 aliphatic carbocycles. The molecule has 0 aliphatic heterocycles. The van der Waals surface area contributed by atoms with E-state index in [4.69, 9.17) is 9.84 Å². The summed E-state index contributed by atoms with van der Waals surface area (Å²) in [7, 11) is -4.49. The van der Waals surface area contributed by atoms with E-state index in [-0.39, 0.29) is 153 Å². The number of benzene rings is 1. The van der Waals surface area contributed by atoms with Crippen LogP contribution in [0.5, 0.6) is 0 Å². The summed E-state index contributed by atoms with van der Waals surface area (Å²) in [4.78, 5) is 31.4. The van der Waals surface area contributed by atoms with Gasteiger partial charge in [-0.3, -0.25) is 5.04 Å². The van der Waals surface area contributed by atoms with Gasteiger partial charge in [0.2, 0.25) is 29.7 Å². The van der Waals surface area contributed by atoms with Gasteiger partial charge in [-0.05, 0) is 18.2 Å². The van der Waals surface area contributed by atoms with E-state index < -0.39 is 15.9 Å². The van der Waals surface area contributed by atoms with E-state index in [1.807, 2.05) is 0 Å². The molecule has 2 heterocycles. The summed E-state index contributed by atoms with van der Waals surface area (Å²) in [5, 5.41) is 52.8. The topological polar surface area (TPSA) is 310 Å². The molecule has 50 heavy (non-hydrogen) atoms. The van der Waals surface area contributed by atoms with Crippen molar-refractivity contribution in [3.8, 4) is 0 Å². The van der Waals surface area contributed by atoms with Crippen LogP contribution in [0, 0.1) is 0 Å². The number of ether oxygens (including phenoxy) is 1. The van der Waals surface area contributed by atoms with Gasteiger partial charge < -0.3 is 56.0 Å². The molecule has 7 N–H and O–H groups in total. The van der Waals surface area contributed by atoms with Gasteiger partial charge in [0.1, 0.15) is 0 Å². The molecule has 22 nitrogen and oxygen atoms in total. The zero-order chi connectivity index (χ0) is 34.6. The Hall–Kier alpha value is -2.11. The first-order valence-electron chi connectivity index (χ1n) is 14.1. The van der Waals surface area contributed by atoms with E-state index in [1.54, 1.807) is 24.3 Å². The molecule has 0 bridgehead atoms. The minimum absolute atomic E-state index is 0. The SMILES string of the molecule is O=S(=O)([O-])CCNc1nc(Nc2cccc(Nc3nc(/N=C/CSOO[O-])nc(NCCOCCO)n3)c2)nc(N(CCO)CCO)n1.[Na+].[Na+]. The summed E-state index contributed by atoms with van der Waals surface area (Å²) in [6.07, 6.45) is 1.40. The first-order chi connectivity index (χ1) is 23.2. The quantitative estimate of drug-likeness (QED) is 0.00848. The number of aliphatic hydroxyl groups excluding tert-OH is 3. The zero-order valence-corrected chi connectivity index (χ0v) is 32.9. The fraction of sp³-hybridized carbons (Fsp3) is 0.458. The van der Waals surface area contributed by atoms with Crippen molar-refractivity contribution in [3.05, 3.63) is 24.3 Å². The Bertz CT molecular complexity index is 1550. The number of anilines is 7. The molecule has 3 aromatic rings. The number of hydrogen-bond donors (Lipinski definition) is 7. The molecule has 2 aromatic heterocycles. The largest absolute Gasteiger partial charge is 1.00 e. The van der Waals surface area contributed by atoms with Crippen LogP contribution >= 0.6 is 12.0 Å². The Morgan fingerprint density at radius 3 is 2.08 bits per heavy atom. The monoisotopic (exact) mass is 760 g/mol. The van der Waals surface area contributed by atoms with E-state index in [0.29, 0.717) is 30.0 Å². The first-order valence-corrected chi connectivity index (χ1v) is 16.5. The normalized spacial score (nSPS) is 11.1. The zero-order valence-electron chi connectivity index (χ0n) is 27.3. The average molecular weight is 761 g/mol. The second-order valence-corrected chi connectivity index (χ2v) is 11.2. The van der Waals surface area contributed by atoms with Crippen LogP contribution in [-0.2, 0) is 24.2 Å². The van der Waals surface area contributed by atoms with Gasteiger partial charge in [0.15, 0.2) is 0 Å². The van der Waals surface area contributed by atoms with Gasteiger partial charge in [0, 0.05) is 55.8 Å². The Morgan fingerprint density at radius 1 is 0.860 bits per heavy atom. The number of nitrogens with one attached hydrogen (secondary N) is 4. The summed E-state index contributed by atoms with van der Waals surface area (Å²) in [6.45, 7) is 0.0468. The van der Waals surface area contributed by atoms with Crippen LogP contribution in [0.25, 0.3) is 0 Å². The summed E-state index contributed by atoms with van der Waals surface area (Å²) in [5.74, 6) is -0.173. The third-order valence-corrected chi connectivity index (χ3v) is 6.61. The molecule has 0 saturated heterocycles. The Kier molecular flexibility index (Phi) is 23.7. The number of hydrogen-bond acceptors (Lipinski definition) is 23. The molecule has 0 spiro atoms. The standard InChI is InChI=1S/C24H36N12O10S2.2Na/c37-9-7-36(8-10-38)24-34-21(27-6-15-48(41,42)43)33-23(35-24)29-18-3-1-2-17(16-18)28-22-31-19(25-4-12-44-13-11-39)30-20(32-22)26-5-14-47-46-45-40;;/h1-3,5,16,37-40H,4,6-15H2,(H,41,42,43)(H2,25,28,30,31,32)(H2,27,29,33,34,35);;/q;2*+1/p-2/b26-5+;;. The minimum Gasteiger partial charge on any atom is -0.748 e. The summed E-state index contributed by atoms with van der Waals surface area (Å²) < 4.78 is 42.6. The van der Waals surface area contributed by atoms with E-state index in [1.165, 1.54) is 11.1 Å². The van der Waals surface area contributed by atoms with Gasteiger partial charge >= 0.3 is 59.1 Å². The average Bonchev–Trinajstić information content (AvgIpc) is 3.04. The predicted molar refractivity (Wildman–Crippen MR) is 171 cm³/mol. The molecule has 26 heteroatoms. The van der Waals surface area contributed by atoms with Gasteiger partial charge in [0.05, 0.1) is 54.7 Å². The maximum absolute atomic E-state index is 11.1. The molecule has 0 atom stereocenters. The Morgan fingerprint density at radius 2 is 1.46 bits per heavy atom. The maximum Gasteiger partial charge on any atom is 1.00 e. The number of aliphatic hydroxyl groups is 3. The van der Waals surface area contributed by atoms with Crippen LogP contribution in [0.1, 0.15) is 0 Å². The van der Waals surface area contributed by atoms with E-state index in [2.05, 4.69) is 65.5 Å². The van der Waals surface area contributed by atoms with Gasteiger partial charge in [-0.1, -0.05) is 6.07 Å². The van der Waals surface area contributed by atoms with Crippen molar-refractivity contribution in [2.45, 2.75) is 0 Å². The summed E-state index contributed by atoms with van der Waals surface area (Å²) >= 11 is 0.710. The molecule has 0 aliphatic rings. The van der Waals surface area contributed by atoms with Crippen molar-refractivity contribution < 1.29 is 107 Å². The van der Waals surface area contributed by atoms with Crippen LogP contribution in [0.4, 0.5) is 47.1 Å². The van der Waals surface area contributed by atoms with Crippen molar-refractivity contribution in [2.75, 3.05) is 96.9 Å². The number of nitrogens with zero attached hydrogens (tertiary/aromatic N) is 8. The first kappa shape index (κ1) is 45.9. The maximum atomic E-state index is 11.1. The van der Waals surface area contributed by atoms with Crippen LogP contribution in [0.2, 0.25) is 0 Å². The Balaban J connectivity index is 0.00000625. The third-order valence-electron chi connectivity index (χ3n) is 5.47. The molecule has 0 amide bonds. The van der Waals surface area contributed by atoms with Crippen molar-refractivity contribution in [1.82, 2.24) is 29.9 Å². The van der Waals surface area contributed by atoms with Crippen molar-refractivity contribution in [3.63, 3.8) is 0 Å². The van der Waals surface area contributed by atoms with Crippen LogP contribution < -0.4 is 90.5 Å². The summed E-state index contributed by atoms with van der Waals surface area (Å²) in [5.41, 5.74) is 1.01. The molecule has 0 unspecified atom stereocenters. The number of aliphatic imine (C=N–C) groups is 1. The van der Waals surface area contributed by atoms with E-state index in [9.17, 15) is 28.4 Å². The van der Waals surface area contributed by atoms with Crippen molar-refractivity contribution in [2.24, 2.45) is 4.99 Å². The second kappa shape index (κ2) is 25.8. The molecular formula is C24H34N12Na2O10S2. The van der Waals surface area contributed by atoms with Gasteiger partial charge in [0.25, 0.3) is 5.95 Å². The van der Waals surface area contributed by atoms with E-state index in [0.717, 1.165) is 0 Å². The Labute approximate surface area is 335 Å². The smallest absolute Gasteiger partial charge is 0.748 e. The van der Waals surface area contributed by atoms with Crippen LogP contribution in [0.15, 0.2) is 29.3 Å². The molecule has 0 fully saturated rings. The van der Waals surface area contributed by atoms with Crippen molar-refractivity contribution in [1.29, 1.82) is 0 Å². The fourth-order valence-corrected chi connectivity index (χ4v) is 4.15. The molecule has 3 rings (SSSR count). The van der Waals surface area contributed by atoms with Crippen LogP contribution in [-0.4, -0.2) is 135 Å². The van der Waals surface area contributed by atoms with Crippen molar-refractivity contribution >= 4 is 75.4 Å². The van der Waals surface area contributed by atoms with Gasteiger partial charge in [-0.2, -0.15) is 34.2 Å². The predicted octanol–water partition coefficient (Wildman–Crippen LogP) is -7.71. The van der Waals surface area contributed by atoms with Crippen LogP contribution in [0.3, 0.4) is 0 Å². The number of aromatic nitrogens is 6. The molecular weight excluding hydrogens is 726 g/mol. The third kappa shape index (κ3) is 18.4. The minimum atomic E-state index is -4.49. The molecule has 0 saturated carbocycles. The molecule has 1 aromatic carbocycles. The molecule has 264 valence electrons. The molecule has 0 radical (unpaired) electrons. The van der Waals surface area contributed by atoms with Gasteiger partial charge in [-0.15, -0.1) is 0 Å². The fourth-order valence-electron chi connectivity index (χ4n) is 3.57. The number of rotatable bonds is 24. The summed E-state index contributed by atoms with van der Waals surface area (Å²) in [6, 6.07) is 6.82. The second-order valence-electron chi connectivity index (χ2n) is 9.01.